The van der Waals surface area contributed by atoms with Gasteiger partial charge in [-0.25, -0.2) is 4.57 Å². The fourth-order valence-electron chi connectivity index (χ4n) is 5.58. The lowest BCUT2D eigenvalue weighted by Crippen LogP contribution is -2.46. The van der Waals surface area contributed by atoms with Crippen LogP contribution in [-0.4, -0.2) is 39.6 Å². The first-order valence-electron chi connectivity index (χ1n) is 18.0. The van der Waals surface area contributed by atoms with Crippen molar-refractivity contribution in [2.24, 2.45) is 0 Å². The van der Waals surface area contributed by atoms with Gasteiger partial charge in [0.25, 0.3) is 0 Å². The van der Waals surface area contributed by atoms with E-state index in [4.69, 9.17) is 9.79 Å². The molecule has 1 amide bonds. The Hall–Kier alpha value is -0.460. The highest BCUT2D eigenvalue weighted by atomic mass is 31.2. The number of phosphoric ester groups is 1. The van der Waals surface area contributed by atoms with Gasteiger partial charge in [0.1, 0.15) is 0 Å². The molecule has 0 fully saturated rings. The van der Waals surface area contributed by atoms with Crippen LogP contribution in [0.3, 0.4) is 0 Å². The zero-order chi connectivity index (χ0) is 31.2. The molecule has 0 aliphatic carbocycles. The Morgan fingerprint density at radius 2 is 0.929 bits per heavy atom. The minimum Gasteiger partial charge on any atom is -0.391 e. The molecule has 0 heterocycles. The molecule has 0 saturated carbocycles. The van der Waals surface area contributed by atoms with E-state index in [9.17, 15) is 14.5 Å². The first-order valence-corrected chi connectivity index (χ1v) is 19.5. The number of aliphatic hydroxyl groups excluding tert-OH is 1. The Kier molecular flexibility index (Phi) is 30.2. The Bertz CT molecular complexity index is 629. The van der Waals surface area contributed by atoms with Crippen LogP contribution < -0.4 is 5.32 Å². The van der Waals surface area contributed by atoms with E-state index < -0.39 is 26.6 Å². The quantitative estimate of drug-likeness (QED) is 0.0429. The van der Waals surface area contributed by atoms with Gasteiger partial charge in [-0.15, -0.1) is 0 Å². The summed E-state index contributed by atoms with van der Waals surface area (Å²) in [5, 5.41) is 13.4. The number of hydrogen-bond acceptors (Lipinski definition) is 4. The number of rotatable bonds is 33. The third kappa shape index (κ3) is 31.0. The van der Waals surface area contributed by atoms with Gasteiger partial charge in [-0.1, -0.05) is 174 Å². The Morgan fingerprint density at radius 3 is 1.29 bits per heavy atom. The lowest BCUT2D eigenvalue weighted by molar-refractivity contribution is -0.123. The number of unbranched alkanes of at least 4 members (excludes halogenated alkanes) is 24. The molecule has 0 aliphatic heterocycles. The summed E-state index contributed by atoms with van der Waals surface area (Å²) in [7, 11) is -4.67. The van der Waals surface area contributed by atoms with Crippen LogP contribution in [0.5, 0.6) is 0 Å². The smallest absolute Gasteiger partial charge is 0.391 e. The number of nitrogens with one attached hydrogen (secondary N) is 1. The summed E-state index contributed by atoms with van der Waals surface area (Å²) in [5.74, 6) is -0.193. The van der Waals surface area contributed by atoms with Crippen molar-refractivity contribution < 1.29 is 28.8 Å². The molecule has 0 unspecified atom stereocenters. The molecule has 0 rings (SSSR count). The van der Waals surface area contributed by atoms with Crippen LogP contribution in [-0.2, 0) is 13.9 Å². The lowest BCUT2D eigenvalue weighted by atomic mass is 10.0. The van der Waals surface area contributed by atoms with Crippen molar-refractivity contribution in [3.8, 4) is 0 Å². The van der Waals surface area contributed by atoms with Crippen molar-refractivity contribution in [1.29, 1.82) is 0 Å². The highest BCUT2D eigenvalue weighted by Gasteiger charge is 2.25. The molecule has 0 aromatic heterocycles. The average Bonchev–Trinajstić information content (AvgIpc) is 2.95. The maximum atomic E-state index is 12.5. The van der Waals surface area contributed by atoms with E-state index in [0.717, 1.165) is 38.5 Å². The van der Waals surface area contributed by atoms with Crippen molar-refractivity contribution in [2.75, 3.05) is 6.61 Å². The molecule has 4 N–H and O–H groups in total. The maximum absolute atomic E-state index is 12.5. The van der Waals surface area contributed by atoms with E-state index in [0.29, 0.717) is 12.8 Å². The second kappa shape index (κ2) is 30.6. The minimum absolute atomic E-state index is 0.193. The molecular formula is C34H70NO6P. The monoisotopic (exact) mass is 619 g/mol. The van der Waals surface area contributed by atoms with Crippen LogP contribution in [0.1, 0.15) is 194 Å². The molecule has 252 valence electrons. The summed E-state index contributed by atoms with van der Waals surface area (Å²) in [6, 6.07) is -0.815. The summed E-state index contributed by atoms with van der Waals surface area (Å²) in [5.41, 5.74) is 0. The number of amides is 1. The number of carbonyl (C=O) groups excluding carboxylic acids is 1. The number of carbonyl (C=O) groups is 1. The summed E-state index contributed by atoms with van der Waals surface area (Å²) in [6.45, 7) is 4.10. The topological polar surface area (TPSA) is 116 Å². The molecule has 42 heavy (non-hydrogen) atoms. The maximum Gasteiger partial charge on any atom is 0.469 e. The molecule has 2 atom stereocenters. The first kappa shape index (κ1) is 41.5. The van der Waals surface area contributed by atoms with E-state index in [2.05, 4.69) is 23.7 Å². The molecule has 0 spiro atoms. The molecule has 8 heteroatoms. The number of hydrogen-bond donors (Lipinski definition) is 4. The molecule has 0 aromatic rings. The van der Waals surface area contributed by atoms with Gasteiger partial charge >= 0.3 is 7.82 Å². The van der Waals surface area contributed by atoms with Crippen LogP contribution in [0, 0.1) is 0 Å². The first-order chi connectivity index (χ1) is 20.3. The molecular weight excluding hydrogens is 549 g/mol. The van der Waals surface area contributed by atoms with Gasteiger partial charge in [0.2, 0.25) is 5.91 Å². The zero-order valence-electron chi connectivity index (χ0n) is 27.7. The molecule has 0 saturated heterocycles. The van der Waals surface area contributed by atoms with Gasteiger partial charge < -0.3 is 20.2 Å². The SMILES string of the molecule is CCCCCCCCCCCCCCCCCCC(=O)N[C@@H](COP(=O)(O)O)[C@H](O)CCCCCCCCCCCC. The van der Waals surface area contributed by atoms with E-state index in [-0.39, 0.29) is 5.91 Å². The second-order valence-electron chi connectivity index (χ2n) is 12.6. The fourth-order valence-corrected chi connectivity index (χ4v) is 5.94. The van der Waals surface area contributed by atoms with Gasteiger partial charge in [0.05, 0.1) is 18.8 Å². The third-order valence-corrected chi connectivity index (χ3v) is 8.83. The molecule has 0 aromatic carbocycles. The molecule has 0 bridgehead atoms. The Balaban J connectivity index is 3.93. The largest absolute Gasteiger partial charge is 0.469 e. The Morgan fingerprint density at radius 1 is 0.595 bits per heavy atom. The predicted molar refractivity (Wildman–Crippen MR) is 177 cm³/mol. The fraction of sp³-hybridized carbons (Fsp3) is 0.971. The van der Waals surface area contributed by atoms with Gasteiger partial charge in [0.15, 0.2) is 0 Å². The van der Waals surface area contributed by atoms with Gasteiger partial charge in [-0.05, 0) is 12.8 Å². The van der Waals surface area contributed by atoms with Crippen molar-refractivity contribution in [3.05, 3.63) is 0 Å². The molecule has 0 radical (unpaired) electrons. The average molecular weight is 620 g/mol. The lowest BCUT2D eigenvalue weighted by Gasteiger charge is -2.24. The second-order valence-corrected chi connectivity index (χ2v) is 13.8. The van der Waals surface area contributed by atoms with Crippen LogP contribution in [0.25, 0.3) is 0 Å². The summed E-state index contributed by atoms with van der Waals surface area (Å²) in [6.07, 6.45) is 32.3. The zero-order valence-corrected chi connectivity index (χ0v) is 28.6. The highest BCUT2D eigenvalue weighted by molar-refractivity contribution is 7.46. The molecule has 0 aliphatic rings. The minimum atomic E-state index is -4.67. The summed E-state index contributed by atoms with van der Waals surface area (Å²) in [4.78, 5) is 30.7. The van der Waals surface area contributed by atoms with E-state index in [1.54, 1.807) is 0 Å². The number of aliphatic hydroxyl groups is 1. The normalized spacial score (nSPS) is 13.4. The van der Waals surface area contributed by atoms with Crippen molar-refractivity contribution in [1.82, 2.24) is 5.32 Å². The number of phosphoric acid groups is 1. The van der Waals surface area contributed by atoms with Crippen molar-refractivity contribution >= 4 is 13.7 Å². The van der Waals surface area contributed by atoms with E-state index >= 15 is 0 Å². The highest BCUT2D eigenvalue weighted by Crippen LogP contribution is 2.36. The van der Waals surface area contributed by atoms with Crippen LogP contribution >= 0.6 is 7.82 Å². The molecule has 7 nitrogen and oxygen atoms in total. The van der Waals surface area contributed by atoms with Gasteiger partial charge in [0, 0.05) is 6.42 Å². The van der Waals surface area contributed by atoms with Crippen molar-refractivity contribution in [2.45, 2.75) is 206 Å². The predicted octanol–water partition coefficient (Wildman–Crippen LogP) is 9.90. The van der Waals surface area contributed by atoms with Crippen LogP contribution in [0.4, 0.5) is 0 Å². The van der Waals surface area contributed by atoms with Crippen LogP contribution in [0.15, 0.2) is 0 Å². The standard InChI is InChI=1S/C34H70NO6P/c1-3-5-7-9-11-13-15-16-17-18-19-20-22-24-26-28-30-34(37)35-32(31-41-42(38,39)40)33(36)29-27-25-23-21-14-12-10-8-6-4-2/h32-33,36H,3-31H2,1-2H3,(H,35,37)(H2,38,39,40)/t32-,33+/m0/s1. The third-order valence-electron chi connectivity index (χ3n) is 8.34. The van der Waals surface area contributed by atoms with E-state index in [1.807, 2.05) is 0 Å². The van der Waals surface area contributed by atoms with Gasteiger partial charge in [-0.3, -0.25) is 9.32 Å². The van der Waals surface area contributed by atoms with E-state index in [1.165, 1.54) is 128 Å². The summed E-state index contributed by atoms with van der Waals surface area (Å²) >= 11 is 0. The van der Waals surface area contributed by atoms with Crippen LogP contribution in [0.2, 0.25) is 0 Å². The Labute approximate surface area is 260 Å². The van der Waals surface area contributed by atoms with Crippen molar-refractivity contribution in [3.63, 3.8) is 0 Å². The van der Waals surface area contributed by atoms with Gasteiger partial charge in [-0.2, -0.15) is 0 Å². The summed E-state index contributed by atoms with van der Waals surface area (Å²) < 4.78 is 15.8.